The maximum atomic E-state index is 10.9. The SMILES string of the molecule is O=[N+]([O-])c1ccccc1CNCC1CCCNC1. The summed E-state index contributed by atoms with van der Waals surface area (Å²) in [5.41, 5.74) is 0.957. The molecule has 1 fully saturated rings. The molecule has 1 heterocycles. The van der Waals surface area contributed by atoms with Crippen molar-refractivity contribution in [2.24, 2.45) is 5.92 Å². The van der Waals surface area contributed by atoms with Crippen molar-refractivity contribution >= 4 is 5.69 Å². The van der Waals surface area contributed by atoms with Crippen LogP contribution >= 0.6 is 0 Å². The number of nitro benzene ring substituents is 1. The highest BCUT2D eigenvalue weighted by Crippen LogP contribution is 2.17. The van der Waals surface area contributed by atoms with Crippen molar-refractivity contribution in [1.82, 2.24) is 10.6 Å². The summed E-state index contributed by atoms with van der Waals surface area (Å²) < 4.78 is 0. The van der Waals surface area contributed by atoms with Crippen LogP contribution in [0, 0.1) is 16.0 Å². The van der Waals surface area contributed by atoms with Crippen molar-refractivity contribution < 1.29 is 4.92 Å². The molecule has 0 aliphatic carbocycles. The molecule has 1 aromatic carbocycles. The Kier molecular flexibility index (Phi) is 4.66. The van der Waals surface area contributed by atoms with Gasteiger partial charge in [-0.25, -0.2) is 0 Å². The molecule has 0 aromatic heterocycles. The number of rotatable bonds is 5. The van der Waals surface area contributed by atoms with Crippen molar-refractivity contribution in [2.45, 2.75) is 19.4 Å². The molecule has 1 unspecified atom stereocenters. The number of piperidine rings is 1. The molecule has 18 heavy (non-hydrogen) atoms. The standard InChI is InChI=1S/C13H19N3O2/c17-16(18)13-6-2-1-5-12(13)10-15-9-11-4-3-7-14-8-11/h1-2,5-6,11,14-15H,3-4,7-10H2. The second kappa shape index (κ2) is 6.47. The van der Waals surface area contributed by atoms with Crippen LogP contribution in [-0.2, 0) is 6.54 Å². The molecule has 1 saturated heterocycles. The van der Waals surface area contributed by atoms with Gasteiger partial charge in [-0.15, -0.1) is 0 Å². The normalized spacial score (nSPS) is 19.7. The molecule has 0 radical (unpaired) electrons. The molecule has 0 saturated carbocycles. The van der Waals surface area contributed by atoms with Gasteiger partial charge in [-0.1, -0.05) is 18.2 Å². The fourth-order valence-electron chi connectivity index (χ4n) is 2.35. The van der Waals surface area contributed by atoms with E-state index in [0.29, 0.717) is 12.5 Å². The van der Waals surface area contributed by atoms with Crippen LogP contribution in [0.3, 0.4) is 0 Å². The van der Waals surface area contributed by atoms with E-state index >= 15 is 0 Å². The minimum absolute atomic E-state index is 0.201. The average Bonchev–Trinajstić information content (AvgIpc) is 2.40. The first-order valence-electron chi connectivity index (χ1n) is 6.41. The zero-order chi connectivity index (χ0) is 12.8. The Hall–Kier alpha value is -1.46. The summed E-state index contributed by atoms with van der Waals surface area (Å²) in [5.74, 6) is 0.640. The lowest BCUT2D eigenvalue weighted by molar-refractivity contribution is -0.385. The van der Waals surface area contributed by atoms with Crippen LogP contribution in [0.1, 0.15) is 18.4 Å². The molecule has 1 aliphatic rings. The van der Waals surface area contributed by atoms with Gasteiger partial charge in [0.15, 0.2) is 0 Å². The molecule has 5 nitrogen and oxygen atoms in total. The van der Waals surface area contributed by atoms with Crippen molar-refractivity contribution in [3.8, 4) is 0 Å². The minimum Gasteiger partial charge on any atom is -0.316 e. The van der Waals surface area contributed by atoms with Crippen LogP contribution in [0.5, 0.6) is 0 Å². The summed E-state index contributed by atoms with van der Waals surface area (Å²) in [6.45, 7) is 3.64. The van der Waals surface area contributed by atoms with Crippen molar-refractivity contribution in [1.29, 1.82) is 0 Å². The third-order valence-corrected chi connectivity index (χ3v) is 3.34. The Labute approximate surface area is 107 Å². The van der Waals surface area contributed by atoms with Gasteiger partial charge in [0.1, 0.15) is 0 Å². The van der Waals surface area contributed by atoms with E-state index in [4.69, 9.17) is 0 Å². The van der Waals surface area contributed by atoms with Crippen LogP contribution in [0.25, 0.3) is 0 Å². The van der Waals surface area contributed by atoms with E-state index in [9.17, 15) is 10.1 Å². The summed E-state index contributed by atoms with van der Waals surface area (Å²) in [5, 5.41) is 17.5. The second-order valence-electron chi connectivity index (χ2n) is 4.73. The molecule has 5 heteroatoms. The molecule has 98 valence electrons. The number of benzene rings is 1. The fraction of sp³-hybridized carbons (Fsp3) is 0.538. The maximum absolute atomic E-state index is 10.9. The zero-order valence-corrected chi connectivity index (χ0v) is 10.4. The fourth-order valence-corrected chi connectivity index (χ4v) is 2.35. The van der Waals surface area contributed by atoms with Gasteiger partial charge in [0.25, 0.3) is 5.69 Å². The molecule has 0 amide bonds. The smallest absolute Gasteiger partial charge is 0.273 e. The Morgan fingerprint density at radius 3 is 3.00 bits per heavy atom. The first kappa shape index (κ1) is 13.0. The van der Waals surface area contributed by atoms with Gasteiger partial charge >= 0.3 is 0 Å². The van der Waals surface area contributed by atoms with E-state index in [1.807, 2.05) is 12.1 Å². The minimum atomic E-state index is -0.320. The van der Waals surface area contributed by atoms with Crippen LogP contribution in [0.15, 0.2) is 24.3 Å². The first-order valence-corrected chi connectivity index (χ1v) is 6.41. The number of hydrogen-bond acceptors (Lipinski definition) is 4. The molecule has 0 spiro atoms. The average molecular weight is 249 g/mol. The monoisotopic (exact) mass is 249 g/mol. The molecule has 1 aromatic rings. The molecule has 1 atom stereocenters. The lowest BCUT2D eigenvalue weighted by Crippen LogP contribution is -2.35. The van der Waals surface area contributed by atoms with Gasteiger partial charge in [0, 0.05) is 18.2 Å². The summed E-state index contributed by atoms with van der Waals surface area (Å²) in [6.07, 6.45) is 2.45. The van der Waals surface area contributed by atoms with E-state index in [1.54, 1.807) is 12.1 Å². The third kappa shape index (κ3) is 3.51. The Balaban J connectivity index is 1.84. The summed E-state index contributed by atoms with van der Waals surface area (Å²) >= 11 is 0. The highest BCUT2D eigenvalue weighted by Gasteiger charge is 2.14. The Morgan fingerprint density at radius 1 is 1.44 bits per heavy atom. The van der Waals surface area contributed by atoms with E-state index in [2.05, 4.69) is 10.6 Å². The predicted octanol–water partition coefficient (Wildman–Crippen LogP) is 1.68. The van der Waals surface area contributed by atoms with Crippen LogP contribution in [0.2, 0.25) is 0 Å². The van der Waals surface area contributed by atoms with Gasteiger partial charge in [0.2, 0.25) is 0 Å². The van der Waals surface area contributed by atoms with Crippen molar-refractivity contribution in [3.63, 3.8) is 0 Å². The highest BCUT2D eigenvalue weighted by molar-refractivity contribution is 5.39. The van der Waals surface area contributed by atoms with E-state index in [1.165, 1.54) is 12.8 Å². The molecule has 1 aliphatic heterocycles. The molecule has 0 bridgehead atoms. The van der Waals surface area contributed by atoms with Gasteiger partial charge in [-0.05, 0) is 38.4 Å². The molecular formula is C13H19N3O2. The summed E-state index contributed by atoms with van der Waals surface area (Å²) in [4.78, 5) is 10.5. The predicted molar refractivity (Wildman–Crippen MR) is 70.4 cm³/mol. The van der Waals surface area contributed by atoms with Gasteiger partial charge in [-0.2, -0.15) is 0 Å². The molecule has 2 N–H and O–H groups in total. The van der Waals surface area contributed by atoms with Crippen LogP contribution < -0.4 is 10.6 Å². The van der Waals surface area contributed by atoms with Gasteiger partial charge in [-0.3, -0.25) is 10.1 Å². The van der Waals surface area contributed by atoms with Crippen LogP contribution in [0.4, 0.5) is 5.69 Å². The highest BCUT2D eigenvalue weighted by atomic mass is 16.6. The van der Waals surface area contributed by atoms with Gasteiger partial charge in [0.05, 0.1) is 4.92 Å². The number of nitrogens with one attached hydrogen (secondary N) is 2. The molecule has 2 rings (SSSR count). The second-order valence-corrected chi connectivity index (χ2v) is 4.73. The lowest BCUT2D eigenvalue weighted by atomic mass is 10.00. The quantitative estimate of drug-likeness (QED) is 0.615. The Bertz CT molecular complexity index is 403. The number of nitrogens with zero attached hydrogens (tertiary/aromatic N) is 1. The third-order valence-electron chi connectivity index (χ3n) is 3.34. The van der Waals surface area contributed by atoms with E-state index < -0.39 is 0 Å². The van der Waals surface area contributed by atoms with Gasteiger partial charge < -0.3 is 10.6 Å². The maximum Gasteiger partial charge on any atom is 0.273 e. The lowest BCUT2D eigenvalue weighted by Gasteiger charge is -2.22. The van der Waals surface area contributed by atoms with Crippen molar-refractivity contribution in [2.75, 3.05) is 19.6 Å². The first-order chi connectivity index (χ1) is 8.77. The van der Waals surface area contributed by atoms with E-state index in [-0.39, 0.29) is 10.6 Å². The molecular weight excluding hydrogens is 230 g/mol. The zero-order valence-electron chi connectivity index (χ0n) is 10.4. The topological polar surface area (TPSA) is 67.2 Å². The summed E-state index contributed by atoms with van der Waals surface area (Å²) in [7, 11) is 0. The number of nitro groups is 1. The number of hydrogen-bond donors (Lipinski definition) is 2. The Morgan fingerprint density at radius 2 is 2.28 bits per heavy atom. The van der Waals surface area contributed by atoms with Crippen molar-refractivity contribution in [3.05, 3.63) is 39.9 Å². The largest absolute Gasteiger partial charge is 0.316 e. The van der Waals surface area contributed by atoms with Crippen LogP contribution in [-0.4, -0.2) is 24.6 Å². The summed E-state index contributed by atoms with van der Waals surface area (Å²) in [6, 6.07) is 6.91. The van der Waals surface area contributed by atoms with E-state index in [0.717, 1.165) is 25.2 Å². The number of para-hydroxylation sites is 1.